The zero-order chi connectivity index (χ0) is 13.1. The number of benzene rings is 1. The van der Waals surface area contributed by atoms with Gasteiger partial charge < -0.3 is 15.0 Å². The first-order chi connectivity index (χ1) is 8.63. The minimum Gasteiger partial charge on any atom is -0.496 e. The Labute approximate surface area is 108 Å². The third kappa shape index (κ3) is 2.48. The van der Waals surface area contributed by atoms with Gasteiger partial charge in [0.05, 0.1) is 12.7 Å². The maximum atomic E-state index is 12.6. The Balaban J connectivity index is 2.29. The molecule has 1 amide bonds. The molecule has 1 N–H and O–H groups in total. The molecule has 1 aromatic carbocycles. The molecule has 1 aromatic rings. The lowest BCUT2D eigenvalue weighted by Crippen LogP contribution is -2.52. The summed E-state index contributed by atoms with van der Waals surface area (Å²) in [5.41, 5.74) is 1.73. The summed E-state index contributed by atoms with van der Waals surface area (Å²) in [5, 5.41) is 3.29. The van der Waals surface area contributed by atoms with E-state index in [0.29, 0.717) is 11.3 Å². The van der Waals surface area contributed by atoms with Crippen LogP contribution < -0.4 is 10.1 Å². The number of rotatable bonds is 2. The number of hydrogen-bond acceptors (Lipinski definition) is 3. The minimum absolute atomic E-state index is 0.0598. The predicted octanol–water partition coefficient (Wildman–Crippen LogP) is 1.44. The van der Waals surface area contributed by atoms with Crippen molar-refractivity contribution in [3.05, 3.63) is 29.3 Å². The summed E-state index contributed by atoms with van der Waals surface area (Å²) in [4.78, 5) is 14.5. The molecule has 0 aliphatic carbocycles. The van der Waals surface area contributed by atoms with Gasteiger partial charge in [0.25, 0.3) is 5.91 Å². The molecule has 18 heavy (non-hydrogen) atoms. The smallest absolute Gasteiger partial charge is 0.257 e. The fourth-order valence-corrected chi connectivity index (χ4v) is 2.29. The predicted molar refractivity (Wildman–Crippen MR) is 71.1 cm³/mol. The minimum atomic E-state index is 0.0598. The second-order valence-corrected chi connectivity index (χ2v) is 4.76. The van der Waals surface area contributed by atoms with Crippen molar-refractivity contribution in [1.29, 1.82) is 0 Å². The first-order valence-electron chi connectivity index (χ1n) is 6.30. The molecule has 98 valence electrons. The summed E-state index contributed by atoms with van der Waals surface area (Å²) in [5.74, 6) is 0.709. The van der Waals surface area contributed by atoms with Gasteiger partial charge in [0.2, 0.25) is 0 Å². The van der Waals surface area contributed by atoms with Crippen LogP contribution in [-0.4, -0.2) is 43.6 Å². The van der Waals surface area contributed by atoms with Gasteiger partial charge in [-0.3, -0.25) is 4.79 Å². The van der Waals surface area contributed by atoms with Crippen LogP contribution in [0, 0.1) is 6.92 Å². The van der Waals surface area contributed by atoms with Gasteiger partial charge >= 0.3 is 0 Å². The fraction of sp³-hybridized carbons (Fsp3) is 0.500. The molecule has 1 saturated heterocycles. The number of carbonyl (C=O) groups is 1. The number of nitrogens with one attached hydrogen (secondary N) is 1. The first kappa shape index (κ1) is 12.9. The highest BCUT2D eigenvalue weighted by molar-refractivity contribution is 5.97. The molecule has 0 radical (unpaired) electrons. The molecule has 0 aromatic heterocycles. The molecule has 4 nitrogen and oxygen atoms in total. The van der Waals surface area contributed by atoms with Gasteiger partial charge in [-0.1, -0.05) is 11.6 Å². The monoisotopic (exact) mass is 248 g/mol. The van der Waals surface area contributed by atoms with Crippen LogP contribution in [0.25, 0.3) is 0 Å². The van der Waals surface area contributed by atoms with Crippen LogP contribution in [0.15, 0.2) is 18.2 Å². The Kier molecular flexibility index (Phi) is 3.87. The molecule has 1 heterocycles. The highest BCUT2D eigenvalue weighted by Crippen LogP contribution is 2.22. The molecule has 2 rings (SSSR count). The average molecular weight is 248 g/mol. The van der Waals surface area contributed by atoms with Crippen LogP contribution in [0.5, 0.6) is 5.75 Å². The second-order valence-electron chi connectivity index (χ2n) is 4.76. The average Bonchev–Trinajstić information content (AvgIpc) is 2.38. The second kappa shape index (κ2) is 5.40. The van der Waals surface area contributed by atoms with Gasteiger partial charge in [-0.2, -0.15) is 0 Å². The van der Waals surface area contributed by atoms with Crippen molar-refractivity contribution in [2.24, 2.45) is 0 Å². The molecule has 4 heteroatoms. The highest BCUT2D eigenvalue weighted by Gasteiger charge is 2.26. The lowest BCUT2D eigenvalue weighted by atomic mass is 10.1. The molecule has 0 spiro atoms. The summed E-state index contributed by atoms with van der Waals surface area (Å²) in [6.07, 6.45) is 0. The van der Waals surface area contributed by atoms with Gasteiger partial charge in [0, 0.05) is 25.7 Å². The van der Waals surface area contributed by atoms with E-state index < -0.39 is 0 Å². The molecule has 1 aliphatic heterocycles. The normalized spacial score (nSPS) is 19.7. The van der Waals surface area contributed by atoms with E-state index in [-0.39, 0.29) is 11.9 Å². The van der Waals surface area contributed by atoms with Gasteiger partial charge in [0.1, 0.15) is 5.75 Å². The standard InChI is InChI=1S/C14H20N2O2/c1-10-4-5-13(18-3)12(8-10)14(17)16-7-6-15-9-11(16)2/h4-5,8,11,15H,6-7,9H2,1-3H3/t11-/m1/s1. The molecule has 1 aliphatic rings. The van der Waals surface area contributed by atoms with E-state index in [0.717, 1.165) is 25.2 Å². The van der Waals surface area contributed by atoms with Crippen LogP contribution in [0.2, 0.25) is 0 Å². The zero-order valence-corrected chi connectivity index (χ0v) is 11.2. The molecule has 1 fully saturated rings. The van der Waals surface area contributed by atoms with Crippen molar-refractivity contribution in [1.82, 2.24) is 10.2 Å². The quantitative estimate of drug-likeness (QED) is 0.861. The van der Waals surface area contributed by atoms with Crippen molar-refractivity contribution in [3.63, 3.8) is 0 Å². The number of hydrogen-bond donors (Lipinski definition) is 1. The summed E-state index contributed by atoms with van der Waals surface area (Å²) in [7, 11) is 1.60. The van der Waals surface area contributed by atoms with E-state index in [1.54, 1.807) is 7.11 Å². The van der Waals surface area contributed by atoms with Gasteiger partial charge in [0.15, 0.2) is 0 Å². The van der Waals surface area contributed by atoms with Gasteiger partial charge in [-0.15, -0.1) is 0 Å². The van der Waals surface area contributed by atoms with Crippen molar-refractivity contribution >= 4 is 5.91 Å². The van der Waals surface area contributed by atoms with Crippen LogP contribution in [-0.2, 0) is 0 Å². The van der Waals surface area contributed by atoms with E-state index in [1.807, 2.05) is 30.0 Å². The molecular weight excluding hydrogens is 228 g/mol. The topological polar surface area (TPSA) is 41.6 Å². The van der Waals surface area contributed by atoms with Crippen LogP contribution in [0.1, 0.15) is 22.8 Å². The van der Waals surface area contributed by atoms with E-state index in [9.17, 15) is 4.79 Å². The number of nitrogens with zero attached hydrogens (tertiary/aromatic N) is 1. The third-order valence-corrected chi connectivity index (χ3v) is 3.35. The first-order valence-corrected chi connectivity index (χ1v) is 6.30. The third-order valence-electron chi connectivity index (χ3n) is 3.35. The highest BCUT2D eigenvalue weighted by atomic mass is 16.5. The molecule has 1 atom stereocenters. The largest absolute Gasteiger partial charge is 0.496 e. The molecule has 0 unspecified atom stereocenters. The van der Waals surface area contributed by atoms with Crippen LogP contribution in [0.3, 0.4) is 0 Å². The van der Waals surface area contributed by atoms with Gasteiger partial charge in [-0.05, 0) is 26.0 Å². The van der Waals surface area contributed by atoms with Crippen molar-refractivity contribution in [2.75, 3.05) is 26.7 Å². The number of piperazine rings is 1. The number of aryl methyl sites for hydroxylation is 1. The fourth-order valence-electron chi connectivity index (χ4n) is 2.29. The van der Waals surface area contributed by atoms with E-state index >= 15 is 0 Å². The summed E-state index contributed by atoms with van der Waals surface area (Å²) >= 11 is 0. The Morgan fingerprint density at radius 2 is 2.28 bits per heavy atom. The Morgan fingerprint density at radius 3 is 2.94 bits per heavy atom. The number of ether oxygens (including phenoxy) is 1. The Morgan fingerprint density at radius 1 is 1.50 bits per heavy atom. The van der Waals surface area contributed by atoms with Crippen LogP contribution >= 0.6 is 0 Å². The number of methoxy groups -OCH3 is 1. The Bertz CT molecular complexity index is 445. The maximum Gasteiger partial charge on any atom is 0.257 e. The lowest BCUT2D eigenvalue weighted by molar-refractivity contribution is 0.0652. The summed E-state index contributed by atoms with van der Waals surface area (Å²) in [6, 6.07) is 5.93. The molecule has 0 bridgehead atoms. The lowest BCUT2D eigenvalue weighted by Gasteiger charge is -2.34. The zero-order valence-electron chi connectivity index (χ0n) is 11.2. The summed E-state index contributed by atoms with van der Waals surface area (Å²) in [6.45, 7) is 6.49. The van der Waals surface area contributed by atoms with E-state index in [2.05, 4.69) is 12.2 Å². The van der Waals surface area contributed by atoms with Crippen molar-refractivity contribution in [3.8, 4) is 5.75 Å². The molecular formula is C14H20N2O2. The van der Waals surface area contributed by atoms with Crippen LogP contribution in [0.4, 0.5) is 0 Å². The maximum absolute atomic E-state index is 12.6. The Hall–Kier alpha value is -1.55. The van der Waals surface area contributed by atoms with Gasteiger partial charge in [-0.25, -0.2) is 0 Å². The van der Waals surface area contributed by atoms with Crippen molar-refractivity contribution in [2.45, 2.75) is 19.9 Å². The molecule has 0 saturated carbocycles. The number of amides is 1. The SMILES string of the molecule is COc1ccc(C)cc1C(=O)N1CCNC[C@H]1C. The summed E-state index contributed by atoms with van der Waals surface area (Å²) < 4.78 is 5.28. The number of carbonyl (C=O) groups excluding carboxylic acids is 1. The van der Waals surface area contributed by atoms with E-state index in [4.69, 9.17) is 4.74 Å². The van der Waals surface area contributed by atoms with Crippen molar-refractivity contribution < 1.29 is 9.53 Å². The van der Waals surface area contributed by atoms with E-state index in [1.165, 1.54) is 0 Å².